The maximum absolute atomic E-state index is 15.0. The van der Waals surface area contributed by atoms with Crippen LogP contribution in [0.15, 0.2) is 36.4 Å². The quantitative estimate of drug-likeness (QED) is 0.185. The van der Waals surface area contributed by atoms with Gasteiger partial charge in [-0.1, -0.05) is 32.4 Å². The van der Waals surface area contributed by atoms with Gasteiger partial charge in [-0.25, -0.2) is 13.4 Å². The highest BCUT2D eigenvalue weighted by atomic mass is 32.2. The predicted molar refractivity (Wildman–Crippen MR) is 215 cm³/mol. The molecule has 2 aliphatic heterocycles. The van der Waals surface area contributed by atoms with E-state index in [9.17, 15) is 36.0 Å². The van der Waals surface area contributed by atoms with Crippen LogP contribution < -0.4 is 18.9 Å². The number of sulfonamides is 1. The molecule has 0 spiro atoms. The number of Topliss-reactive ketones (excluding diaryl/α,β-unsaturated/α-hetero) is 1. The van der Waals surface area contributed by atoms with Crippen molar-refractivity contribution in [2.45, 2.75) is 127 Å². The number of esters is 1. The lowest BCUT2D eigenvalue weighted by molar-refractivity contribution is -0.257. The number of hydrogen-bond acceptors (Lipinski definition) is 11. The molecule has 1 saturated heterocycles. The van der Waals surface area contributed by atoms with E-state index in [4.69, 9.17) is 18.9 Å². The molecule has 0 unspecified atom stereocenters. The molecule has 7 atom stereocenters. The Morgan fingerprint density at radius 3 is 2.42 bits per heavy atom. The van der Waals surface area contributed by atoms with Crippen molar-refractivity contribution in [1.82, 2.24) is 14.6 Å². The van der Waals surface area contributed by atoms with E-state index in [-0.39, 0.29) is 37.6 Å². The number of carbonyl (C=O) groups is 4. The van der Waals surface area contributed by atoms with Crippen LogP contribution in [-0.2, 0) is 33.9 Å². The Morgan fingerprint density at radius 1 is 1.07 bits per heavy atom. The van der Waals surface area contributed by atoms with Gasteiger partial charge in [0.15, 0.2) is 5.78 Å². The van der Waals surface area contributed by atoms with Gasteiger partial charge >= 0.3 is 12.1 Å². The van der Waals surface area contributed by atoms with Crippen molar-refractivity contribution in [3.05, 3.63) is 36.4 Å². The number of hydrogen-bond donors (Lipinski definition) is 1. The molecule has 6 rings (SSSR count). The maximum Gasteiger partial charge on any atom is 0.427 e. The van der Waals surface area contributed by atoms with Gasteiger partial charge < -0.3 is 23.8 Å². The van der Waals surface area contributed by atoms with Gasteiger partial charge in [0, 0.05) is 30.4 Å². The summed E-state index contributed by atoms with van der Waals surface area (Å²) in [4.78, 5) is 63.1. The monoisotopic (exact) mass is 863 g/mol. The van der Waals surface area contributed by atoms with E-state index in [1.807, 2.05) is 26.0 Å². The molecule has 1 aromatic carbocycles. The Kier molecular flexibility index (Phi) is 12.6. The number of methoxy groups -OCH3 is 2. The first-order valence-electron chi connectivity index (χ1n) is 20.6. The zero-order valence-corrected chi connectivity index (χ0v) is 36.0. The molecule has 2 aliphatic carbocycles. The fraction of sp³-hybridized carbons (Fsp3) is 0.651. The average molecular weight is 864 g/mol. The third-order valence-electron chi connectivity index (χ3n) is 13.0. The first kappa shape index (κ1) is 45.1. The van der Waals surface area contributed by atoms with Crippen molar-refractivity contribution < 1.29 is 59.7 Å². The number of aromatic nitrogens is 1. The molecule has 1 aromatic heterocycles. The normalized spacial score (nSPS) is 29.0. The Hall–Kier alpha value is -4.41. The zero-order chi connectivity index (χ0) is 44.0. The molecule has 2 saturated carbocycles. The third kappa shape index (κ3) is 9.25. The van der Waals surface area contributed by atoms with Crippen molar-refractivity contribution in [3.8, 4) is 17.4 Å². The molecule has 0 bridgehead atoms. The van der Waals surface area contributed by atoms with E-state index in [1.54, 1.807) is 31.2 Å². The number of ether oxygens (including phenoxy) is 4. The lowest BCUT2D eigenvalue weighted by Gasteiger charge is -2.34. The molecule has 2 amide bonds. The van der Waals surface area contributed by atoms with E-state index in [1.165, 1.54) is 19.1 Å². The van der Waals surface area contributed by atoms with E-state index in [2.05, 4.69) is 9.71 Å². The van der Waals surface area contributed by atoms with Crippen LogP contribution in [0.25, 0.3) is 10.9 Å². The second-order valence-corrected chi connectivity index (χ2v) is 20.0. The molecule has 0 radical (unpaired) electrons. The molecule has 330 valence electrons. The van der Waals surface area contributed by atoms with E-state index >= 15 is 4.79 Å². The first-order chi connectivity index (χ1) is 28.1. The zero-order valence-electron chi connectivity index (χ0n) is 35.2. The molecule has 17 heteroatoms. The van der Waals surface area contributed by atoms with Crippen LogP contribution in [0.3, 0.4) is 0 Å². The van der Waals surface area contributed by atoms with E-state index in [0.717, 1.165) is 13.8 Å². The second kappa shape index (κ2) is 16.8. The largest absolute Gasteiger partial charge is 0.497 e. The Labute approximate surface area is 349 Å². The molecule has 1 N–H and O–H groups in total. The molecule has 4 aliphatic rings. The van der Waals surface area contributed by atoms with Crippen LogP contribution in [-0.4, -0.2) is 91.3 Å². The molecule has 3 fully saturated rings. The van der Waals surface area contributed by atoms with Crippen molar-refractivity contribution in [2.75, 3.05) is 20.8 Å². The minimum Gasteiger partial charge on any atom is -0.497 e. The van der Waals surface area contributed by atoms with Gasteiger partial charge in [-0.3, -0.25) is 23.9 Å². The Bertz CT molecular complexity index is 2130. The number of rotatable bonds is 11. The van der Waals surface area contributed by atoms with Crippen molar-refractivity contribution >= 4 is 44.5 Å². The van der Waals surface area contributed by atoms with Crippen LogP contribution in [0, 0.1) is 29.1 Å². The molecular formula is C43H56F3N3O10S. The SMILES string of the molecule is CC[C@@H]1C[C@H](C)CC/C=C\[C@@H]2C[C@@]2(C(=O)NS(=O)(=O)C2(C)CC2)CC(=O)[C@@H]2C[C@@H](Oc3cc(OC)nc4cc(OC)ccc34)CN2C(=O)[C@H]1CC(=O)OC(C)(C)C(F)(F)F. The number of pyridine rings is 1. The summed E-state index contributed by atoms with van der Waals surface area (Å²) in [5.74, 6) is -4.06. The molecule has 2 aromatic rings. The summed E-state index contributed by atoms with van der Waals surface area (Å²) in [6.45, 7) is 6.75. The number of ketones is 1. The highest BCUT2D eigenvalue weighted by molar-refractivity contribution is 7.91. The minimum absolute atomic E-state index is 0.0139. The summed E-state index contributed by atoms with van der Waals surface area (Å²) in [5, 5.41) is 0.584. The number of nitrogens with zero attached hydrogens (tertiary/aromatic N) is 2. The number of alkyl halides is 3. The average Bonchev–Trinajstić information content (AvgIpc) is 4.06. The summed E-state index contributed by atoms with van der Waals surface area (Å²) in [6, 6.07) is 5.55. The topological polar surface area (TPSA) is 168 Å². The second-order valence-electron chi connectivity index (χ2n) is 17.8. The van der Waals surface area contributed by atoms with E-state index in [0.29, 0.717) is 60.9 Å². The van der Waals surface area contributed by atoms with Crippen LogP contribution >= 0.6 is 0 Å². The molecular weight excluding hydrogens is 808 g/mol. The maximum atomic E-state index is 15.0. The highest BCUT2D eigenvalue weighted by Crippen LogP contribution is 2.58. The number of halogens is 3. The standard InChI is InChI=1S/C43H56F3N3O10S/c1-8-26-17-25(2)11-9-10-12-27-22-42(27,39(53)48-60(54,55)41(5)15-16-41)23-34(50)33-19-29(58-35-21-36(57-7)47-32-18-28(56-6)13-14-30(32)35)24-49(33)38(52)31(26)20-37(51)59-40(3,4)43(44,45)46/h10,12-14,18,21,25-27,29,31,33H,8-9,11,15-17,19-20,22-24H2,1-7H3,(H,48,53)/b12-10-/t25-,26-,27-,29-,31+,33+,42-/m1/s1. The smallest absolute Gasteiger partial charge is 0.427 e. The Balaban J connectivity index is 1.39. The third-order valence-corrected chi connectivity index (χ3v) is 15.2. The number of amides is 2. The lowest BCUT2D eigenvalue weighted by Crippen LogP contribution is -2.49. The van der Waals surface area contributed by atoms with Gasteiger partial charge in [-0.05, 0) is 89.2 Å². The van der Waals surface area contributed by atoms with E-state index < -0.39 is 91.8 Å². The summed E-state index contributed by atoms with van der Waals surface area (Å²) in [5.41, 5.74) is -3.73. The molecule has 60 heavy (non-hydrogen) atoms. The fourth-order valence-electron chi connectivity index (χ4n) is 8.57. The van der Waals surface area contributed by atoms with Crippen LogP contribution in [0.2, 0.25) is 0 Å². The summed E-state index contributed by atoms with van der Waals surface area (Å²) in [7, 11) is -1.09. The van der Waals surface area contributed by atoms with Crippen LogP contribution in [0.4, 0.5) is 13.2 Å². The number of benzene rings is 1. The lowest BCUT2D eigenvalue weighted by atomic mass is 9.79. The van der Waals surface area contributed by atoms with Gasteiger partial charge in [0.05, 0.1) is 54.8 Å². The Morgan fingerprint density at radius 2 is 1.78 bits per heavy atom. The minimum atomic E-state index is -4.87. The van der Waals surface area contributed by atoms with Gasteiger partial charge in [-0.15, -0.1) is 0 Å². The van der Waals surface area contributed by atoms with Crippen LogP contribution in [0.5, 0.6) is 17.4 Å². The summed E-state index contributed by atoms with van der Waals surface area (Å²) in [6.07, 6.45) is 0.156. The highest BCUT2D eigenvalue weighted by Gasteiger charge is 2.63. The number of nitrogens with one attached hydrogen (secondary N) is 1. The predicted octanol–water partition coefficient (Wildman–Crippen LogP) is 6.86. The summed E-state index contributed by atoms with van der Waals surface area (Å²) >= 11 is 0. The van der Waals surface area contributed by atoms with Gasteiger partial charge in [0.25, 0.3) is 0 Å². The van der Waals surface area contributed by atoms with Gasteiger partial charge in [0.1, 0.15) is 17.6 Å². The van der Waals surface area contributed by atoms with Crippen LogP contribution in [0.1, 0.15) is 98.8 Å². The van der Waals surface area contributed by atoms with Crippen molar-refractivity contribution in [1.29, 1.82) is 0 Å². The number of carbonyl (C=O) groups excluding carboxylic acids is 4. The first-order valence-corrected chi connectivity index (χ1v) is 22.1. The summed E-state index contributed by atoms with van der Waals surface area (Å²) < 4.78 is 91.7. The van der Waals surface area contributed by atoms with Crippen molar-refractivity contribution in [3.63, 3.8) is 0 Å². The fourth-order valence-corrected chi connectivity index (χ4v) is 9.90. The molecule has 3 heterocycles. The number of fused-ring (bicyclic) bond motifs is 3. The van der Waals surface area contributed by atoms with Gasteiger partial charge in [0.2, 0.25) is 33.3 Å². The molecule has 13 nitrogen and oxygen atoms in total. The van der Waals surface area contributed by atoms with Crippen molar-refractivity contribution in [2.24, 2.45) is 29.1 Å². The number of allylic oxidation sites excluding steroid dienone is 2. The van der Waals surface area contributed by atoms with Gasteiger partial charge in [-0.2, -0.15) is 13.2 Å².